The highest BCUT2D eigenvalue weighted by Crippen LogP contribution is 2.37. The fourth-order valence-electron chi connectivity index (χ4n) is 3.31. The van der Waals surface area contributed by atoms with Crippen LogP contribution in [0.3, 0.4) is 0 Å². The number of dihydropyridines is 1. The third-order valence-electron chi connectivity index (χ3n) is 4.97. The standard InChI is InChI=1S/C16H19NO2.C8H9BNO/c1-10-11(2)17-12(3)15(16(18)19-4)14(10)13-8-6-5-7-9-13;1-10-8(11)9-7-5-3-2-4-6-7/h5-9,14,17H,1-4H3;2-6H,1H3,(H,10,11). The molecule has 0 aliphatic carbocycles. The summed E-state index contributed by atoms with van der Waals surface area (Å²) in [5, 5.41) is 5.77. The maximum Gasteiger partial charge on any atom is 0.336 e. The summed E-state index contributed by atoms with van der Waals surface area (Å²) in [6.07, 6.45) is 0. The number of nitrogens with one attached hydrogen (secondary N) is 2. The topological polar surface area (TPSA) is 67.4 Å². The number of rotatable bonds is 4. The van der Waals surface area contributed by atoms with Gasteiger partial charge in [-0.05, 0) is 31.9 Å². The minimum atomic E-state index is -0.272. The van der Waals surface area contributed by atoms with Crippen LogP contribution in [-0.4, -0.2) is 33.2 Å². The second-order valence-corrected chi connectivity index (χ2v) is 6.98. The fraction of sp³-hybridized carbons (Fsp3) is 0.250. The van der Waals surface area contributed by atoms with E-state index in [1.165, 1.54) is 7.11 Å². The SMILES string of the molecule is CNC(=O)[B]c1ccccc1.COC(=O)C1=C(C)NC(C)=C(C)C1c1ccccc1. The van der Waals surface area contributed by atoms with Crippen LogP contribution in [0.1, 0.15) is 32.3 Å². The van der Waals surface area contributed by atoms with Gasteiger partial charge in [0.15, 0.2) is 5.81 Å². The van der Waals surface area contributed by atoms with Crippen molar-refractivity contribution in [1.82, 2.24) is 10.6 Å². The van der Waals surface area contributed by atoms with Gasteiger partial charge in [-0.2, -0.15) is 0 Å². The molecule has 1 aliphatic heterocycles. The maximum atomic E-state index is 12.1. The van der Waals surface area contributed by atoms with E-state index in [0.717, 1.165) is 28.0 Å². The van der Waals surface area contributed by atoms with Gasteiger partial charge < -0.3 is 15.4 Å². The quantitative estimate of drug-likeness (QED) is 0.606. The highest BCUT2D eigenvalue weighted by Gasteiger charge is 2.31. The number of hydrogen-bond acceptors (Lipinski definition) is 4. The molecule has 0 aromatic heterocycles. The Morgan fingerprint density at radius 1 is 0.933 bits per heavy atom. The Morgan fingerprint density at radius 2 is 1.50 bits per heavy atom. The van der Waals surface area contributed by atoms with Crippen LogP contribution in [0.25, 0.3) is 0 Å². The van der Waals surface area contributed by atoms with Gasteiger partial charge in [0, 0.05) is 24.4 Å². The predicted octanol–water partition coefficient (Wildman–Crippen LogP) is 3.47. The molecule has 0 fully saturated rings. The van der Waals surface area contributed by atoms with Crippen molar-refractivity contribution in [2.75, 3.05) is 14.2 Å². The number of allylic oxidation sites excluding steroid dienone is 3. The number of methoxy groups -OCH3 is 1. The Kier molecular flexibility index (Phi) is 8.47. The molecule has 5 nitrogen and oxygen atoms in total. The molecule has 1 amide bonds. The van der Waals surface area contributed by atoms with Gasteiger partial charge in [-0.3, -0.25) is 4.79 Å². The number of ether oxygens (including phenoxy) is 1. The van der Waals surface area contributed by atoms with Gasteiger partial charge in [0.25, 0.3) is 7.28 Å². The summed E-state index contributed by atoms with van der Waals surface area (Å²) < 4.78 is 4.94. The van der Waals surface area contributed by atoms with Crippen LogP contribution >= 0.6 is 0 Å². The largest absolute Gasteiger partial charge is 0.466 e. The third-order valence-corrected chi connectivity index (χ3v) is 4.97. The highest BCUT2D eigenvalue weighted by atomic mass is 16.5. The molecule has 2 aromatic rings. The van der Waals surface area contributed by atoms with Crippen molar-refractivity contribution >= 4 is 24.5 Å². The van der Waals surface area contributed by atoms with Crippen LogP contribution in [-0.2, 0) is 9.53 Å². The molecule has 0 saturated carbocycles. The molecule has 1 radical (unpaired) electrons. The van der Waals surface area contributed by atoms with Crippen LogP contribution in [0.5, 0.6) is 0 Å². The smallest absolute Gasteiger partial charge is 0.336 e. The maximum absolute atomic E-state index is 12.1. The first-order chi connectivity index (χ1) is 14.4. The summed E-state index contributed by atoms with van der Waals surface area (Å²) in [5.41, 5.74) is 5.84. The van der Waals surface area contributed by atoms with E-state index in [2.05, 4.69) is 17.6 Å². The van der Waals surface area contributed by atoms with Crippen molar-refractivity contribution < 1.29 is 14.3 Å². The summed E-state index contributed by atoms with van der Waals surface area (Å²) in [7, 11) is 4.59. The minimum Gasteiger partial charge on any atom is -0.466 e. The van der Waals surface area contributed by atoms with E-state index in [-0.39, 0.29) is 17.7 Å². The van der Waals surface area contributed by atoms with E-state index in [0.29, 0.717) is 5.57 Å². The number of benzene rings is 2. The van der Waals surface area contributed by atoms with Crippen LogP contribution in [0.15, 0.2) is 83.2 Å². The lowest BCUT2D eigenvalue weighted by molar-refractivity contribution is -0.136. The molecular formula is C24H28BN2O3. The van der Waals surface area contributed by atoms with Gasteiger partial charge in [-0.25, -0.2) is 4.79 Å². The van der Waals surface area contributed by atoms with E-state index >= 15 is 0 Å². The summed E-state index contributed by atoms with van der Waals surface area (Å²) in [4.78, 5) is 22.9. The van der Waals surface area contributed by atoms with Gasteiger partial charge in [0.2, 0.25) is 0 Å². The van der Waals surface area contributed by atoms with Crippen molar-refractivity contribution in [1.29, 1.82) is 0 Å². The second kappa shape index (κ2) is 11.1. The zero-order valence-corrected chi connectivity index (χ0v) is 18.2. The lowest BCUT2D eigenvalue weighted by Gasteiger charge is -2.29. The van der Waals surface area contributed by atoms with E-state index in [1.807, 2.05) is 74.5 Å². The van der Waals surface area contributed by atoms with Gasteiger partial charge in [0.05, 0.1) is 12.7 Å². The van der Waals surface area contributed by atoms with E-state index in [4.69, 9.17) is 4.74 Å². The molecule has 0 saturated heterocycles. The van der Waals surface area contributed by atoms with Crippen LogP contribution in [0.2, 0.25) is 0 Å². The Bertz CT molecular complexity index is 937. The molecule has 0 spiro atoms. The average molecular weight is 403 g/mol. The molecule has 1 aliphatic rings. The molecule has 2 aromatic carbocycles. The minimum absolute atomic E-state index is 0.0325. The second-order valence-electron chi connectivity index (χ2n) is 6.98. The zero-order chi connectivity index (χ0) is 22.1. The van der Waals surface area contributed by atoms with Crippen LogP contribution in [0.4, 0.5) is 4.79 Å². The number of esters is 1. The molecule has 2 N–H and O–H groups in total. The summed E-state index contributed by atoms with van der Waals surface area (Å²) in [6, 6.07) is 19.5. The van der Waals surface area contributed by atoms with Crippen LogP contribution < -0.4 is 16.1 Å². The number of amides is 1. The summed E-state index contributed by atoms with van der Waals surface area (Å²) in [5.74, 6) is -0.378. The Labute approximate surface area is 179 Å². The van der Waals surface area contributed by atoms with Crippen LogP contribution in [0, 0.1) is 0 Å². The van der Waals surface area contributed by atoms with E-state index in [1.54, 1.807) is 14.3 Å². The fourth-order valence-corrected chi connectivity index (χ4v) is 3.31. The lowest BCUT2D eigenvalue weighted by Crippen LogP contribution is -2.31. The first-order valence-corrected chi connectivity index (χ1v) is 9.79. The molecule has 30 heavy (non-hydrogen) atoms. The van der Waals surface area contributed by atoms with Gasteiger partial charge >= 0.3 is 5.97 Å². The Morgan fingerprint density at radius 3 is 2.03 bits per heavy atom. The van der Waals surface area contributed by atoms with Crippen molar-refractivity contribution in [2.45, 2.75) is 26.7 Å². The van der Waals surface area contributed by atoms with E-state index < -0.39 is 0 Å². The molecule has 0 bridgehead atoms. The molecular weight excluding hydrogens is 375 g/mol. The molecule has 6 heteroatoms. The molecule has 1 unspecified atom stereocenters. The summed E-state index contributed by atoms with van der Waals surface area (Å²) in [6.45, 7) is 6.00. The van der Waals surface area contributed by atoms with Crippen molar-refractivity contribution in [2.24, 2.45) is 0 Å². The number of carbonyl (C=O) groups excluding carboxylic acids is 2. The third kappa shape index (κ3) is 5.86. The predicted molar refractivity (Wildman–Crippen MR) is 122 cm³/mol. The normalized spacial score (nSPS) is 15.4. The molecule has 3 rings (SSSR count). The molecule has 1 atom stereocenters. The number of carbonyl (C=O) groups is 2. The Hall–Kier alpha value is -3.28. The van der Waals surface area contributed by atoms with Crippen molar-refractivity contribution in [3.8, 4) is 0 Å². The number of hydrogen-bond donors (Lipinski definition) is 2. The van der Waals surface area contributed by atoms with Gasteiger partial charge in [-0.1, -0.05) is 66.1 Å². The average Bonchev–Trinajstić information content (AvgIpc) is 2.77. The monoisotopic (exact) mass is 403 g/mol. The van der Waals surface area contributed by atoms with E-state index in [9.17, 15) is 9.59 Å². The van der Waals surface area contributed by atoms with Crippen molar-refractivity contribution in [3.05, 3.63) is 88.8 Å². The lowest BCUT2D eigenvalue weighted by atomic mass is 9.69. The summed E-state index contributed by atoms with van der Waals surface area (Å²) >= 11 is 0. The Balaban J connectivity index is 0.000000248. The highest BCUT2D eigenvalue weighted by molar-refractivity contribution is 6.83. The molecule has 155 valence electrons. The van der Waals surface area contributed by atoms with Gasteiger partial charge in [-0.15, -0.1) is 0 Å². The zero-order valence-electron chi connectivity index (χ0n) is 18.2. The first kappa shape index (κ1) is 23.0. The first-order valence-electron chi connectivity index (χ1n) is 9.79. The van der Waals surface area contributed by atoms with Crippen molar-refractivity contribution in [3.63, 3.8) is 0 Å². The van der Waals surface area contributed by atoms with Gasteiger partial charge in [0.1, 0.15) is 0 Å². The molecule has 1 heterocycles.